The maximum Gasteiger partial charge on any atom is 0.108 e. The third-order valence-corrected chi connectivity index (χ3v) is 3.29. The smallest absolute Gasteiger partial charge is 0.108 e. The quantitative estimate of drug-likeness (QED) is 0.415. The Hall–Kier alpha value is -1.05. The largest absolute Gasteiger partial charge is 0.410 e. The van der Waals surface area contributed by atoms with Crippen molar-refractivity contribution in [1.82, 2.24) is 0 Å². The molecule has 2 aliphatic carbocycles. The second kappa shape index (κ2) is 5.15. The zero-order chi connectivity index (χ0) is 10.5. The van der Waals surface area contributed by atoms with E-state index in [-0.39, 0.29) is 0 Å². The summed E-state index contributed by atoms with van der Waals surface area (Å²) in [7, 11) is 0. The highest BCUT2D eigenvalue weighted by atomic mass is 16.4. The number of rotatable bonds is 2. The molecule has 0 heterocycles. The molecule has 0 saturated heterocycles. The summed E-state index contributed by atoms with van der Waals surface area (Å²) in [6.07, 6.45) is 14.0. The van der Waals surface area contributed by atoms with Crippen LogP contribution in [0, 0.1) is 0 Å². The Morgan fingerprint density at radius 2 is 1.47 bits per heavy atom. The normalized spacial score (nSPS) is 21.6. The number of allylic oxidation sites excluding steroid dienone is 4. The molecule has 0 aliphatic heterocycles. The minimum atomic E-state index is 0.870. The molecule has 0 bridgehead atoms. The van der Waals surface area contributed by atoms with Gasteiger partial charge in [0.2, 0.25) is 0 Å². The molecular formula is C13H19NO. The minimum absolute atomic E-state index is 0.870. The Morgan fingerprint density at radius 1 is 0.933 bits per heavy atom. The summed E-state index contributed by atoms with van der Waals surface area (Å²) in [6.45, 7) is 0. The SMILES string of the molecule is ON=C(C1=CCCCC1)C1=CCCCC1. The third kappa shape index (κ3) is 2.49. The van der Waals surface area contributed by atoms with Gasteiger partial charge in [-0.1, -0.05) is 17.3 Å². The van der Waals surface area contributed by atoms with E-state index in [4.69, 9.17) is 5.21 Å². The molecule has 1 N–H and O–H groups in total. The third-order valence-electron chi connectivity index (χ3n) is 3.29. The average molecular weight is 205 g/mol. The molecule has 0 saturated carbocycles. The van der Waals surface area contributed by atoms with Crippen LogP contribution in [-0.2, 0) is 0 Å². The molecule has 0 radical (unpaired) electrons. The molecular weight excluding hydrogens is 186 g/mol. The van der Waals surface area contributed by atoms with Crippen molar-refractivity contribution in [2.75, 3.05) is 0 Å². The fraction of sp³-hybridized carbons (Fsp3) is 0.615. The van der Waals surface area contributed by atoms with Crippen molar-refractivity contribution in [3.8, 4) is 0 Å². The van der Waals surface area contributed by atoms with E-state index in [9.17, 15) is 0 Å². The van der Waals surface area contributed by atoms with Crippen LogP contribution in [0.4, 0.5) is 0 Å². The van der Waals surface area contributed by atoms with Crippen molar-refractivity contribution in [2.24, 2.45) is 5.16 Å². The summed E-state index contributed by atoms with van der Waals surface area (Å²) < 4.78 is 0. The van der Waals surface area contributed by atoms with Gasteiger partial charge in [0.15, 0.2) is 0 Å². The second-order valence-corrected chi connectivity index (χ2v) is 4.40. The first kappa shape index (κ1) is 10.5. The Labute approximate surface area is 91.4 Å². The molecule has 0 fully saturated rings. The van der Waals surface area contributed by atoms with Crippen molar-refractivity contribution in [2.45, 2.75) is 51.4 Å². The summed E-state index contributed by atoms with van der Waals surface area (Å²) >= 11 is 0. The molecule has 2 heteroatoms. The van der Waals surface area contributed by atoms with Crippen LogP contribution in [0.25, 0.3) is 0 Å². The summed E-state index contributed by atoms with van der Waals surface area (Å²) in [5.41, 5.74) is 3.39. The summed E-state index contributed by atoms with van der Waals surface area (Å²) in [5.74, 6) is 0. The molecule has 0 aromatic carbocycles. The van der Waals surface area contributed by atoms with Crippen molar-refractivity contribution < 1.29 is 5.21 Å². The van der Waals surface area contributed by atoms with Gasteiger partial charge in [0.1, 0.15) is 5.71 Å². The van der Waals surface area contributed by atoms with E-state index in [1.54, 1.807) is 0 Å². The van der Waals surface area contributed by atoms with Crippen molar-refractivity contribution in [3.63, 3.8) is 0 Å². The molecule has 82 valence electrons. The number of hydrogen-bond acceptors (Lipinski definition) is 2. The van der Waals surface area contributed by atoms with Gasteiger partial charge in [0, 0.05) is 0 Å². The Balaban J connectivity index is 2.16. The zero-order valence-corrected chi connectivity index (χ0v) is 9.21. The van der Waals surface area contributed by atoms with E-state index in [1.165, 1.54) is 36.8 Å². The van der Waals surface area contributed by atoms with Crippen molar-refractivity contribution in [1.29, 1.82) is 0 Å². The Bertz CT molecular complexity index is 284. The topological polar surface area (TPSA) is 32.6 Å². The van der Waals surface area contributed by atoms with Gasteiger partial charge in [0.05, 0.1) is 0 Å². The lowest BCUT2D eigenvalue weighted by molar-refractivity contribution is 0.319. The van der Waals surface area contributed by atoms with E-state index in [0.29, 0.717) is 0 Å². The Morgan fingerprint density at radius 3 is 1.80 bits per heavy atom. The average Bonchev–Trinajstić information content (AvgIpc) is 2.33. The van der Waals surface area contributed by atoms with E-state index in [2.05, 4.69) is 17.3 Å². The van der Waals surface area contributed by atoms with Gasteiger partial charge < -0.3 is 5.21 Å². The van der Waals surface area contributed by atoms with Crippen molar-refractivity contribution >= 4 is 5.71 Å². The maximum absolute atomic E-state index is 9.14. The monoisotopic (exact) mass is 205 g/mol. The lowest BCUT2D eigenvalue weighted by Crippen LogP contribution is -2.11. The molecule has 0 aromatic rings. The van der Waals surface area contributed by atoms with Gasteiger partial charge in [-0.15, -0.1) is 0 Å². The lowest BCUT2D eigenvalue weighted by Gasteiger charge is -2.18. The summed E-state index contributed by atoms with van der Waals surface area (Å²) in [5, 5.41) is 12.7. The molecule has 2 aliphatic rings. The predicted octanol–water partition coefficient (Wildman–Crippen LogP) is 3.82. The van der Waals surface area contributed by atoms with Gasteiger partial charge in [-0.25, -0.2) is 0 Å². The highest BCUT2D eigenvalue weighted by Crippen LogP contribution is 2.26. The predicted molar refractivity (Wildman–Crippen MR) is 62.3 cm³/mol. The van der Waals surface area contributed by atoms with Crippen LogP contribution in [0.3, 0.4) is 0 Å². The van der Waals surface area contributed by atoms with E-state index in [0.717, 1.165) is 31.4 Å². The number of nitrogens with zero attached hydrogens (tertiary/aromatic N) is 1. The van der Waals surface area contributed by atoms with Gasteiger partial charge in [0.25, 0.3) is 0 Å². The van der Waals surface area contributed by atoms with Crippen LogP contribution in [-0.4, -0.2) is 10.9 Å². The van der Waals surface area contributed by atoms with Gasteiger partial charge >= 0.3 is 0 Å². The van der Waals surface area contributed by atoms with Crippen LogP contribution in [0.15, 0.2) is 28.5 Å². The Kier molecular flexibility index (Phi) is 3.59. The lowest BCUT2D eigenvalue weighted by atomic mass is 9.88. The maximum atomic E-state index is 9.14. The highest BCUT2D eigenvalue weighted by molar-refractivity contribution is 6.12. The molecule has 0 aromatic heterocycles. The number of oxime groups is 1. The first-order valence-electron chi connectivity index (χ1n) is 6.02. The van der Waals surface area contributed by atoms with Crippen LogP contribution < -0.4 is 0 Å². The first-order valence-corrected chi connectivity index (χ1v) is 6.02. The molecule has 0 amide bonds. The molecule has 0 unspecified atom stereocenters. The van der Waals surface area contributed by atoms with Crippen LogP contribution in [0.1, 0.15) is 51.4 Å². The first-order chi connectivity index (χ1) is 7.42. The summed E-state index contributed by atoms with van der Waals surface area (Å²) in [6, 6.07) is 0. The van der Waals surface area contributed by atoms with Crippen LogP contribution in [0.5, 0.6) is 0 Å². The molecule has 0 atom stereocenters. The number of hydrogen-bond donors (Lipinski definition) is 1. The van der Waals surface area contributed by atoms with Crippen molar-refractivity contribution in [3.05, 3.63) is 23.3 Å². The zero-order valence-electron chi connectivity index (χ0n) is 9.21. The standard InChI is InChI=1S/C13H19NO/c15-14-13(11-7-3-1-4-8-11)12-9-5-2-6-10-12/h7,9,15H,1-6,8,10H2. The molecule has 15 heavy (non-hydrogen) atoms. The van der Waals surface area contributed by atoms with Crippen LogP contribution >= 0.6 is 0 Å². The molecule has 0 spiro atoms. The summed E-state index contributed by atoms with van der Waals surface area (Å²) in [4.78, 5) is 0. The van der Waals surface area contributed by atoms with E-state index < -0.39 is 0 Å². The second-order valence-electron chi connectivity index (χ2n) is 4.40. The molecule has 2 nitrogen and oxygen atoms in total. The minimum Gasteiger partial charge on any atom is -0.410 e. The highest BCUT2D eigenvalue weighted by Gasteiger charge is 2.16. The van der Waals surface area contributed by atoms with Gasteiger partial charge in [-0.05, 0) is 62.5 Å². The fourth-order valence-electron chi connectivity index (χ4n) is 2.44. The van der Waals surface area contributed by atoms with Gasteiger partial charge in [-0.3, -0.25) is 0 Å². The van der Waals surface area contributed by atoms with E-state index >= 15 is 0 Å². The fourth-order valence-corrected chi connectivity index (χ4v) is 2.44. The van der Waals surface area contributed by atoms with Gasteiger partial charge in [-0.2, -0.15) is 0 Å². The molecule has 2 rings (SSSR count). The van der Waals surface area contributed by atoms with E-state index in [1.807, 2.05) is 0 Å². The van der Waals surface area contributed by atoms with Crippen LogP contribution in [0.2, 0.25) is 0 Å².